The Morgan fingerprint density at radius 2 is 1.54 bits per heavy atom. The van der Waals surface area contributed by atoms with Gasteiger partial charge in [-0.2, -0.15) is 0 Å². The second-order valence-electron chi connectivity index (χ2n) is 5.87. The molecule has 140 valence electrons. The summed E-state index contributed by atoms with van der Waals surface area (Å²) in [4.78, 5) is 12.0. The van der Waals surface area contributed by atoms with Crippen LogP contribution in [0.3, 0.4) is 0 Å². The maximum absolute atomic E-state index is 12.0. The van der Waals surface area contributed by atoms with Crippen molar-refractivity contribution in [3.8, 4) is 0 Å². The highest BCUT2D eigenvalue weighted by Gasteiger charge is 2.14. The summed E-state index contributed by atoms with van der Waals surface area (Å²) in [7, 11) is -3.43. The van der Waals surface area contributed by atoms with Gasteiger partial charge in [-0.05, 0) is 18.1 Å². The Hall–Kier alpha value is -2.22. The molecule has 0 radical (unpaired) electrons. The van der Waals surface area contributed by atoms with Crippen molar-refractivity contribution < 1.29 is 17.9 Å². The molecule has 0 spiro atoms. The van der Waals surface area contributed by atoms with Gasteiger partial charge < -0.3 is 10.1 Å². The van der Waals surface area contributed by atoms with Crippen molar-refractivity contribution in [2.45, 2.75) is 25.4 Å². The first-order valence-corrected chi connectivity index (χ1v) is 10.1. The molecular weight excluding hydrogens is 352 g/mol. The van der Waals surface area contributed by atoms with Crippen molar-refractivity contribution in [2.24, 2.45) is 0 Å². The molecule has 0 saturated heterocycles. The number of carbonyl (C=O) groups excluding carboxylic acids is 1. The molecule has 2 rings (SSSR count). The molecule has 0 aliphatic rings. The summed E-state index contributed by atoms with van der Waals surface area (Å²) in [5.41, 5.74) is 1.70. The van der Waals surface area contributed by atoms with E-state index in [2.05, 4.69) is 10.0 Å². The first-order chi connectivity index (χ1) is 12.5. The van der Waals surface area contributed by atoms with Gasteiger partial charge >= 0.3 is 0 Å². The summed E-state index contributed by atoms with van der Waals surface area (Å²) < 4.78 is 32.0. The van der Waals surface area contributed by atoms with Crippen molar-refractivity contribution in [3.63, 3.8) is 0 Å². The zero-order chi connectivity index (χ0) is 18.8. The van der Waals surface area contributed by atoms with E-state index in [4.69, 9.17) is 4.74 Å². The fourth-order valence-corrected chi connectivity index (χ4v) is 3.40. The molecule has 2 aromatic rings. The van der Waals surface area contributed by atoms with Crippen LogP contribution in [0.15, 0.2) is 60.7 Å². The van der Waals surface area contributed by atoms with Crippen molar-refractivity contribution in [1.29, 1.82) is 0 Å². The number of amides is 1. The molecule has 7 heteroatoms. The highest BCUT2D eigenvalue weighted by molar-refractivity contribution is 7.88. The van der Waals surface area contributed by atoms with E-state index in [1.54, 1.807) is 31.2 Å². The zero-order valence-electron chi connectivity index (χ0n) is 14.7. The number of hydrogen-bond donors (Lipinski definition) is 2. The van der Waals surface area contributed by atoms with Crippen LogP contribution in [0.2, 0.25) is 0 Å². The number of benzene rings is 2. The Morgan fingerprint density at radius 1 is 0.962 bits per heavy atom. The second-order valence-corrected chi connectivity index (χ2v) is 7.68. The Balaban J connectivity index is 1.66. The molecule has 0 fully saturated rings. The van der Waals surface area contributed by atoms with Crippen molar-refractivity contribution in [3.05, 3.63) is 71.8 Å². The lowest BCUT2D eigenvalue weighted by atomic mass is 10.2. The number of sulfonamides is 1. The van der Waals surface area contributed by atoms with E-state index in [0.29, 0.717) is 12.2 Å². The molecule has 0 aromatic heterocycles. The Morgan fingerprint density at radius 3 is 2.15 bits per heavy atom. The van der Waals surface area contributed by atoms with Crippen LogP contribution in [0.4, 0.5) is 0 Å². The zero-order valence-corrected chi connectivity index (χ0v) is 15.5. The molecule has 2 aromatic carbocycles. The van der Waals surface area contributed by atoms with Crippen molar-refractivity contribution >= 4 is 15.9 Å². The molecule has 0 unspecified atom stereocenters. The normalized spacial score (nSPS) is 12.5. The predicted octanol–water partition coefficient (Wildman–Crippen LogP) is 1.83. The molecular formula is C19H24N2O4S. The van der Waals surface area contributed by atoms with Gasteiger partial charge in [0.25, 0.3) is 0 Å². The number of nitrogens with one attached hydrogen (secondary N) is 2. The predicted molar refractivity (Wildman–Crippen MR) is 101 cm³/mol. The van der Waals surface area contributed by atoms with Gasteiger partial charge in [0.1, 0.15) is 6.10 Å². The van der Waals surface area contributed by atoms with Gasteiger partial charge in [0.15, 0.2) is 0 Å². The molecule has 0 saturated carbocycles. The highest BCUT2D eigenvalue weighted by Crippen LogP contribution is 2.04. The molecule has 1 amide bonds. The molecule has 26 heavy (non-hydrogen) atoms. The van der Waals surface area contributed by atoms with Crippen LogP contribution in [-0.2, 0) is 31.9 Å². The van der Waals surface area contributed by atoms with E-state index < -0.39 is 16.1 Å². The Labute approximate surface area is 154 Å². The minimum absolute atomic E-state index is 0.0849. The Bertz CT molecular complexity index is 780. The maximum atomic E-state index is 12.0. The first-order valence-electron chi connectivity index (χ1n) is 8.41. The lowest BCUT2D eigenvalue weighted by Gasteiger charge is -2.14. The van der Waals surface area contributed by atoms with E-state index >= 15 is 0 Å². The van der Waals surface area contributed by atoms with E-state index in [9.17, 15) is 13.2 Å². The molecule has 0 aliphatic heterocycles. The third kappa shape index (κ3) is 7.35. The molecule has 0 heterocycles. The number of hydrogen-bond acceptors (Lipinski definition) is 4. The summed E-state index contributed by atoms with van der Waals surface area (Å²) in [6.07, 6.45) is -0.615. The second kappa shape index (κ2) is 10.1. The third-order valence-corrected chi connectivity index (χ3v) is 5.02. The van der Waals surface area contributed by atoms with E-state index in [0.717, 1.165) is 5.56 Å². The van der Waals surface area contributed by atoms with Gasteiger partial charge in [0.2, 0.25) is 15.9 Å². The van der Waals surface area contributed by atoms with Crippen molar-refractivity contribution in [1.82, 2.24) is 10.0 Å². The van der Waals surface area contributed by atoms with Crippen LogP contribution in [-0.4, -0.2) is 33.5 Å². The smallest absolute Gasteiger partial charge is 0.248 e. The van der Waals surface area contributed by atoms with Gasteiger partial charge in [-0.15, -0.1) is 0 Å². The molecule has 2 N–H and O–H groups in total. The summed E-state index contributed by atoms with van der Waals surface area (Å²) in [6.45, 7) is 2.34. The summed E-state index contributed by atoms with van der Waals surface area (Å²) >= 11 is 0. The van der Waals surface area contributed by atoms with Crippen LogP contribution in [0.5, 0.6) is 0 Å². The maximum Gasteiger partial charge on any atom is 0.248 e. The Kier molecular flexibility index (Phi) is 7.77. The quantitative estimate of drug-likeness (QED) is 0.620. The highest BCUT2D eigenvalue weighted by atomic mass is 32.2. The van der Waals surface area contributed by atoms with E-state index in [-0.39, 0.29) is 24.7 Å². The summed E-state index contributed by atoms with van der Waals surface area (Å²) in [5.74, 6) is -0.360. The molecule has 0 aliphatic carbocycles. The third-order valence-electron chi connectivity index (χ3n) is 3.66. The fourth-order valence-electron chi connectivity index (χ4n) is 2.25. The van der Waals surface area contributed by atoms with Gasteiger partial charge in [0.05, 0.1) is 12.4 Å². The van der Waals surface area contributed by atoms with Crippen LogP contribution < -0.4 is 10.0 Å². The number of rotatable bonds is 10. The van der Waals surface area contributed by atoms with E-state index in [1.165, 1.54) is 0 Å². The molecule has 6 nitrogen and oxygen atoms in total. The van der Waals surface area contributed by atoms with Crippen LogP contribution in [0, 0.1) is 0 Å². The van der Waals surface area contributed by atoms with Crippen molar-refractivity contribution in [2.75, 3.05) is 13.1 Å². The van der Waals surface area contributed by atoms with Crippen LogP contribution >= 0.6 is 0 Å². The minimum atomic E-state index is -3.43. The SMILES string of the molecule is C[C@H](OCc1ccccc1)C(=O)NCCNS(=O)(=O)Cc1ccccc1. The van der Waals surface area contributed by atoms with E-state index in [1.807, 2.05) is 36.4 Å². The van der Waals surface area contributed by atoms with Gasteiger partial charge in [0, 0.05) is 13.1 Å². The van der Waals surface area contributed by atoms with Gasteiger partial charge in [-0.1, -0.05) is 60.7 Å². The topological polar surface area (TPSA) is 84.5 Å². The summed E-state index contributed by atoms with van der Waals surface area (Å²) in [6, 6.07) is 18.5. The molecule has 1 atom stereocenters. The lowest BCUT2D eigenvalue weighted by molar-refractivity contribution is -0.132. The number of carbonyl (C=O) groups is 1. The largest absolute Gasteiger partial charge is 0.364 e. The first kappa shape index (κ1) is 20.1. The monoisotopic (exact) mass is 376 g/mol. The lowest BCUT2D eigenvalue weighted by Crippen LogP contribution is -2.39. The molecule has 0 bridgehead atoms. The summed E-state index contributed by atoms with van der Waals surface area (Å²) in [5, 5.41) is 2.66. The van der Waals surface area contributed by atoms with Crippen LogP contribution in [0.25, 0.3) is 0 Å². The van der Waals surface area contributed by atoms with Crippen LogP contribution in [0.1, 0.15) is 18.1 Å². The minimum Gasteiger partial charge on any atom is -0.364 e. The fraction of sp³-hybridized carbons (Fsp3) is 0.316. The average Bonchev–Trinajstić information content (AvgIpc) is 2.64. The van der Waals surface area contributed by atoms with Gasteiger partial charge in [-0.3, -0.25) is 4.79 Å². The number of ether oxygens (including phenoxy) is 1. The average molecular weight is 376 g/mol. The standard InChI is InChI=1S/C19H24N2O4S/c1-16(25-14-17-8-4-2-5-9-17)19(22)20-12-13-21-26(23,24)15-18-10-6-3-7-11-18/h2-11,16,21H,12-15H2,1H3,(H,20,22)/t16-/m0/s1. The van der Waals surface area contributed by atoms with Gasteiger partial charge in [-0.25, -0.2) is 13.1 Å².